The zero-order valence-corrected chi connectivity index (χ0v) is 14.6. The van der Waals surface area contributed by atoms with E-state index in [2.05, 4.69) is 19.9 Å². The molecule has 1 unspecified atom stereocenters. The molecule has 126 valence electrons. The lowest BCUT2D eigenvalue weighted by Gasteiger charge is -2.31. The average molecular weight is 372 g/mol. The lowest BCUT2D eigenvalue weighted by atomic mass is 10.3. The number of fused-ring (bicyclic) bond motifs is 1. The van der Waals surface area contributed by atoms with Crippen molar-refractivity contribution in [2.45, 2.75) is 11.4 Å². The average Bonchev–Trinajstić information content (AvgIpc) is 3.14. The Labute approximate surface area is 153 Å². The number of nitrogens with zero attached hydrogens (tertiary/aromatic N) is 3. The van der Waals surface area contributed by atoms with E-state index in [4.69, 9.17) is 11.6 Å². The molecule has 3 heterocycles. The second-order valence-corrected chi connectivity index (χ2v) is 6.94. The number of quaternary nitrogens is 1. The third-order valence-electron chi connectivity index (χ3n) is 3.76. The van der Waals surface area contributed by atoms with Gasteiger partial charge >= 0.3 is 0 Å². The second kappa shape index (κ2) is 6.89. The molecule has 1 aliphatic rings. The number of halogens is 1. The number of pyridine rings is 1. The predicted octanol–water partition coefficient (Wildman–Crippen LogP) is 3.08. The van der Waals surface area contributed by atoms with Crippen LogP contribution < -0.4 is 9.96 Å². The number of hydrogen-bond acceptors (Lipinski definition) is 5. The van der Waals surface area contributed by atoms with Crippen LogP contribution in [0.25, 0.3) is 0 Å². The number of hydrogen-bond donors (Lipinski definition) is 2. The lowest BCUT2D eigenvalue weighted by Crippen LogP contribution is -2.98. The van der Waals surface area contributed by atoms with Gasteiger partial charge in [-0.3, -0.25) is 5.06 Å². The molecule has 0 saturated carbocycles. The maximum atomic E-state index is 12.5. The normalized spacial score (nSPS) is 16.2. The molecule has 6 nitrogen and oxygen atoms in total. The Hall–Kier alpha value is -2.32. The van der Waals surface area contributed by atoms with E-state index in [1.807, 2.05) is 36.4 Å². The summed E-state index contributed by atoms with van der Waals surface area (Å²) < 4.78 is 0. The zero-order chi connectivity index (χ0) is 17.2. The highest BCUT2D eigenvalue weighted by Gasteiger charge is 2.25. The predicted molar refractivity (Wildman–Crippen MR) is 98.4 cm³/mol. The van der Waals surface area contributed by atoms with Crippen molar-refractivity contribution >= 4 is 34.9 Å². The number of nitrogens with one attached hydrogen (secondary N) is 2. The number of rotatable bonds is 4. The van der Waals surface area contributed by atoms with Gasteiger partial charge in [0.25, 0.3) is 0 Å². The van der Waals surface area contributed by atoms with E-state index in [-0.39, 0.29) is 5.06 Å². The van der Waals surface area contributed by atoms with E-state index in [0.717, 1.165) is 21.3 Å². The SMILES string of the molecule is [O-][NH+]1C=C(N(Cc2cnc[nH]2)c2ccc(Cl)cc2)Sc2cccnc21. The van der Waals surface area contributed by atoms with Crippen molar-refractivity contribution in [1.82, 2.24) is 15.0 Å². The summed E-state index contributed by atoms with van der Waals surface area (Å²) in [4.78, 5) is 14.3. The largest absolute Gasteiger partial charge is 0.623 e. The minimum Gasteiger partial charge on any atom is -0.623 e. The van der Waals surface area contributed by atoms with Gasteiger partial charge in [0.15, 0.2) is 0 Å². The van der Waals surface area contributed by atoms with Crippen LogP contribution >= 0.6 is 23.4 Å². The maximum Gasteiger partial charge on any atom is 0.244 e. The van der Waals surface area contributed by atoms with Crippen LogP contribution in [0.1, 0.15) is 5.69 Å². The molecule has 0 radical (unpaired) electrons. The van der Waals surface area contributed by atoms with Gasteiger partial charge in [0.05, 0.1) is 23.5 Å². The first kappa shape index (κ1) is 16.2. The van der Waals surface area contributed by atoms with Gasteiger partial charge in [-0.15, -0.1) is 0 Å². The number of thioether (sulfide) groups is 1. The Bertz CT molecular complexity index is 898. The van der Waals surface area contributed by atoms with E-state index >= 15 is 0 Å². The Morgan fingerprint density at radius 2 is 2.08 bits per heavy atom. The molecule has 0 saturated heterocycles. The minimum absolute atomic E-state index is 0.0899. The second-order valence-electron chi connectivity index (χ2n) is 5.44. The molecule has 1 aromatic carbocycles. The third kappa shape index (κ3) is 3.40. The van der Waals surface area contributed by atoms with Crippen molar-refractivity contribution in [3.8, 4) is 0 Å². The molecule has 8 heteroatoms. The van der Waals surface area contributed by atoms with Gasteiger partial charge in [0.2, 0.25) is 5.82 Å². The van der Waals surface area contributed by atoms with Gasteiger partial charge in [-0.25, -0.2) is 9.97 Å². The number of hydroxylamine groups is 1. The molecule has 0 spiro atoms. The standard InChI is InChI=1S/C17H14ClN5OS/c18-12-3-5-14(6-4-12)22(9-13-8-19-11-21-13)16-10-23(24)17-15(25-16)2-1-7-20-17/h1-8,10-11,23H,9H2,(H,19,21). The molecule has 25 heavy (non-hydrogen) atoms. The van der Waals surface area contributed by atoms with Crippen LogP contribution in [0.4, 0.5) is 11.5 Å². The summed E-state index contributed by atoms with van der Waals surface area (Å²) in [6, 6.07) is 11.3. The Morgan fingerprint density at radius 3 is 2.84 bits per heavy atom. The first-order valence-electron chi connectivity index (χ1n) is 7.60. The van der Waals surface area contributed by atoms with Crippen LogP contribution in [0.5, 0.6) is 0 Å². The van der Waals surface area contributed by atoms with E-state index in [9.17, 15) is 5.21 Å². The van der Waals surface area contributed by atoms with E-state index in [1.165, 1.54) is 11.8 Å². The molecular weight excluding hydrogens is 358 g/mol. The summed E-state index contributed by atoms with van der Waals surface area (Å²) in [5.41, 5.74) is 1.89. The number of imidazole rings is 1. The maximum absolute atomic E-state index is 12.5. The lowest BCUT2D eigenvalue weighted by molar-refractivity contribution is -0.720. The van der Waals surface area contributed by atoms with Crippen LogP contribution in [-0.2, 0) is 6.54 Å². The van der Waals surface area contributed by atoms with Crippen molar-refractivity contribution in [3.63, 3.8) is 0 Å². The molecule has 4 rings (SSSR count). The molecule has 0 aliphatic carbocycles. The smallest absolute Gasteiger partial charge is 0.244 e. The molecular formula is C17H14ClN5OS. The quantitative estimate of drug-likeness (QED) is 0.689. The van der Waals surface area contributed by atoms with Crippen LogP contribution in [0.3, 0.4) is 0 Å². The topological polar surface area (TPSA) is 72.3 Å². The highest BCUT2D eigenvalue weighted by atomic mass is 35.5. The molecule has 1 aliphatic heterocycles. The fourth-order valence-electron chi connectivity index (χ4n) is 2.57. The number of H-pyrrole nitrogens is 1. The fourth-order valence-corrected chi connectivity index (χ4v) is 3.77. The molecule has 2 aromatic heterocycles. The van der Waals surface area contributed by atoms with Gasteiger partial charge in [-0.05, 0) is 36.4 Å². The first-order chi connectivity index (χ1) is 12.2. The van der Waals surface area contributed by atoms with Gasteiger partial charge < -0.3 is 15.1 Å². The number of aromatic amines is 1. The van der Waals surface area contributed by atoms with Crippen molar-refractivity contribution in [2.75, 3.05) is 4.90 Å². The summed E-state index contributed by atoms with van der Waals surface area (Å²) in [5, 5.41) is 13.9. The number of aromatic nitrogens is 3. The van der Waals surface area contributed by atoms with Crippen molar-refractivity contribution < 1.29 is 5.06 Å². The van der Waals surface area contributed by atoms with Crippen molar-refractivity contribution in [1.29, 1.82) is 0 Å². The molecule has 0 fully saturated rings. The summed E-state index contributed by atoms with van der Waals surface area (Å²) >= 11 is 7.54. The highest BCUT2D eigenvalue weighted by Crippen LogP contribution is 2.37. The van der Waals surface area contributed by atoms with E-state index < -0.39 is 0 Å². The summed E-state index contributed by atoms with van der Waals surface area (Å²) in [6.07, 6.45) is 6.68. The summed E-state index contributed by atoms with van der Waals surface area (Å²) in [5.74, 6) is 0.494. The molecule has 0 amide bonds. The van der Waals surface area contributed by atoms with Crippen LogP contribution in [0, 0.1) is 5.21 Å². The molecule has 3 aromatic rings. The fraction of sp³-hybridized carbons (Fsp3) is 0.0588. The third-order valence-corrected chi connectivity index (χ3v) is 5.11. The Kier molecular flexibility index (Phi) is 4.46. The monoisotopic (exact) mass is 371 g/mol. The van der Waals surface area contributed by atoms with Gasteiger partial charge in [-0.2, -0.15) is 0 Å². The number of benzene rings is 1. The summed E-state index contributed by atoms with van der Waals surface area (Å²) in [7, 11) is 0. The van der Waals surface area contributed by atoms with E-state index in [1.54, 1.807) is 24.9 Å². The van der Waals surface area contributed by atoms with E-state index in [0.29, 0.717) is 17.4 Å². The minimum atomic E-state index is -0.0899. The van der Waals surface area contributed by atoms with Gasteiger partial charge in [0.1, 0.15) is 11.2 Å². The van der Waals surface area contributed by atoms with Crippen LogP contribution in [-0.4, -0.2) is 15.0 Å². The molecule has 2 N–H and O–H groups in total. The van der Waals surface area contributed by atoms with Crippen LogP contribution in [0.15, 0.2) is 71.2 Å². The van der Waals surface area contributed by atoms with Crippen LogP contribution in [0.2, 0.25) is 5.02 Å². The highest BCUT2D eigenvalue weighted by molar-refractivity contribution is 8.03. The summed E-state index contributed by atoms with van der Waals surface area (Å²) in [6.45, 7) is 0.559. The number of anilines is 1. The molecule has 1 atom stereocenters. The zero-order valence-electron chi connectivity index (χ0n) is 13.0. The van der Waals surface area contributed by atoms with Crippen molar-refractivity contribution in [3.05, 3.63) is 82.3 Å². The Balaban J connectivity index is 1.72. The first-order valence-corrected chi connectivity index (χ1v) is 8.79. The Morgan fingerprint density at radius 1 is 1.24 bits per heavy atom. The van der Waals surface area contributed by atoms with Gasteiger partial charge in [-0.1, -0.05) is 23.4 Å². The molecule has 0 bridgehead atoms. The van der Waals surface area contributed by atoms with Gasteiger partial charge in [0, 0.05) is 23.1 Å². The van der Waals surface area contributed by atoms with Crippen molar-refractivity contribution in [2.24, 2.45) is 0 Å².